The molecule has 0 radical (unpaired) electrons. The summed E-state index contributed by atoms with van der Waals surface area (Å²) in [6.45, 7) is 0. The van der Waals surface area contributed by atoms with E-state index in [0.29, 0.717) is 5.56 Å². The molecular weight excluding hydrogens is 297 g/mol. The minimum absolute atomic E-state index is 0.0797. The average Bonchev–Trinajstić information content (AvgIpc) is 2.70. The third kappa shape index (κ3) is 2.54. The van der Waals surface area contributed by atoms with Crippen LogP contribution in [0.3, 0.4) is 0 Å². The van der Waals surface area contributed by atoms with E-state index in [-0.39, 0.29) is 11.6 Å². The van der Waals surface area contributed by atoms with E-state index in [2.05, 4.69) is 10.2 Å². The Kier molecular flexibility index (Phi) is 3.46. The lowest BCUT2D eigenvalue weighted by Gasteiger charge is -2.05. The van der Waals surface area contributed by atoms with Gasteiger partial charge in [0.1, 0.15) is 0 Å². The highest BCUT2D eigenvalue weighted by Gasteiger charge is 2.21. The second-order valence-corrected chi connectivity index (χ2v) is 6.11. The first-order chi connectivity index (χ1) is 8.84. The first-order valence-electron chi connectivity index (χ1n) is 5.02. The van der Waals surface area contributed by atoms with Crippen LogP contribution in [0.1, 0.15) is 0 Å². The maximum atomic E-state index is 13.6. The standard InChI is InChI=1S/C10H9ClFN3O3S/c1-15-9(13-14-10(15)19(11,16)17)6-3-4-8(18-2)7(12)5-6/h3-5H,1-2H3. The molecule has 102 valence electrons. The predicted octanol–water partition coefficient (Wildman–Crippen LogP) is 1.56. The van der Waals surface area contributed by atoms with Crippen molar-refractivity contribution in [1.82, 2.24) is 14.8 Å². The lowest BCUT2D eigenvalue weighted by molar-refractivity contribution is 0.386. The summed E-state index contributed by atoms with van der Waals surface area (Å²) in [5.41, 5.74) is 0.361. The summed E-state index contributed by atoms with van der Waals surface area (Å²) in [6.07, 6.45) is 0. The lowest BCUT2D eigenvalue weighted by atomic mass is 10.2. The van der Waals surface area contributed by atoms with Gasteiger partial charge in [-0.05, 0) is 18.2 Å². The fourth-order valence-corrected chi connectivity index (χ4v) is 2.54. The van der Waals surface area contributed by atoms with Gasteiger partial charge in [-0.15, -0.1) is 10.2 Å². The van der Waals surface area contributed by atoms with Gasteiger partial charge < -0.3 is 4.74 Å². The quantitative estimate of drug-likeness (QED) is 0.805. The maximum absolute atomic E-state index is 13.6. The highest BCUT2D eigenvalue weighted by molar-refractivity contribution is 8.13. The molecule has 0 saturated heterocycles. The van der Waals surface area contributed by atoms with Crippen LogP contribution < -0.4 is 4.74 Å². The Hall–Kier alpha value is -1.67. The van der Waals surface area contributed by atoms with Crippen molar-refractivity contribution in [2.45, 2.75) is 5.16 Å². The third-order valence-corrected chi connectivity index (χ3v) is 3.67. The summed E-state index contributed by atoms with van der Waals surface area (Å²) in [5, 5.41) is 6.76. The topological polar surface area (TPSA) is 74.1 Å². The van der Waals surface area contributed by atoms with E-state index in [1.54, 1.807) is 0 Å². The summed E-state index contributed by atoms with van der Waals surface area (Å²) in [4.78, 5) is 0. The molecule has 1 heterocycles. The number of nitrogens with zero attached hydrogens (tertiary/aromatic N) is 3. The second kappa shape index (κ2) is 4.78. The smallest absolute Gasteiger partial charge is 0.296 e. The van der Waals surface area contributed by atoms with Gasteiger partial charge >= 0.3 is 0 Å². The largest absolute Gasteiger partial charge is 0.494 e. The number of hydrogen-bond donors (Lipinski definition) is 0. The molecule has 0 saturated carbocycles. The Morgan fingerprint density at radius 2 is 2.05 bits per heavy atom. The van der Waals surface area contributed by atoms with Gasteiger partial charge in [-0.2, -0.15) is 0 Å². The fourth-order valence-electron chi connectivity index (χ4n) is 1.58. The minimum Gasteiger partial charge on any atom is -0.494 e. The molecular formula is C10H9ClFN3O3S. The molecule has 0 aliphatic carbocycles. The molecule has 0 aliphatic heterocycles. The van der Waals surface area contributed by atoms with Gasteiger partial charge in [0.15, 0.2) is 17.4 Å². The van der Waals surface area contributed by atoms with Crippen molar-refractivity contribution in [3.8, 4) is 17.1 Å². The van der Waals surface area contributed by atoms with E-state index in [1.165, 1.54) is 36.9 Å². The predicted molar refractivity (Wildman–Crippen MR) is 66.0 cm³/mol. The zero-order valence-corrected chi connectivity index (χ0v) is 11.5. The van der Waals surface area contributed by atoms with Gasteiger partial charge in [-0.1, -0.05) is 0 Å². The Labute approximate surface area is 113 Å². The molecule has 0 spiro atoms. The van der Waals surface area contributed by atoms with E-state index >= 15 is 0 Å². The Morgan fingerprint density at radius 3 is 2.53 bits per heavy atom. The van der Waals surface area contributed by atoms with Crippen LogP contribution in [0.15, 0.2) is 23.4 Å². The van der Waals surface area contributed by atoms with Crippen LogP contribution in [0.5, 0.6) is 5.75 Å². The van der Waals surface area contributed by atoms with Gasteiger partial charge in [-0.25, -0.2) is 12.8 Å². The van der Waals surface area contributed by atoms with Crippen LogP contribution in [0.25, 0.3) is 11.4 Å². The van der Waals surface area contributed by atoms with Crippen LogP contribution >= 0.6 is 10.7 Å². The van der Waals surface area contributed by atoms with Crippen LogP contribution in [0, 0.1) is 5.82 Å². The lowest BCUT2D eigenvalue weighted by Crippen LogP contribution is -2.03. The van der Waals surface area contributed by atoms with Gasteiger partial charge in [-0.3, -0.25) is 4.57 Å². The first-order valence-corrected chi connectivity index (χ1v) is 7.33. The molecule has 0 aliphatic rings. The van der Waals surface area contributed by atoms with Crippen molar-refractivity contribution in [3.05, 3.63) is 24.0 Å². The van der Waals surface area contributed by atoms with Crippen LogP contribution in [0.4, 0.5) is 4.39 Å². The number of halogens is 2. The molecule has 1 aromatic heterocycles. The van der Waals surface area contributed by atoms with Crippen molar-refractivity contribution in [2.24, 2.45) is 7.05 Å². The molecule has 9 heteroatoms. The molecule has 1 aromatic carbocycles. The SMILES string of the molecule is COc1ccc(-c2nnc(S(=O)(=O)Cl)n2C)cc1F. The van der Waals surface area contributed by atoms with Gasteiger partial charge in [0.2, 0.25) is 0 Å². The van der Waals surface area contributed by atoms with Gasteiger partial charge in [0, 0.05) is 23.3 Å². The zero-order valence-electron chi connectivity index (χ0n) is 9.96. The molecule has 0 atom stereocenters. The van der Waals surface area contributed by atoms with Crippen molar-refractivity contribution in [1.29, 1.82) is 0 Å². The molecule has 0 amide bonds. The summed E-state index contributed by atoms with van der Waals surface area (Å²) >= 11 is 0. The normalized spacial score (nSPS) is 11.6. The van der Waals surface area contributed by atoms with E-state index in [9.17, 15) is 12.8 Å². The number of ether oxygens (including phenoxy) is 1. The monoisotopic (exact) mass is 305 g/mol. The minimum atomic E-state index is -4.00. The summed E-state index contributed by atoms with van der Waals surface area (Å²) in [6, 6.07) is 4.12. The summed E-state index contributed by atoms with van der Waals surface area (Å²) in [7, 11) is 3.97. The Balaban J connectivity index is 2.55. The molecule has 2 aromatic rings. The fraction of sp³-hybridized carbons (Fsp3) is 0.200. The number of aromatic nitrogens is 3. The van der Waals surface area contributed by atoms with Crippen LogP contribution in [-0.4, -0.2) is 30.3 Å². The molecule has 0 bridgehead atoms. The Bertz CT molecular complexity index is 730. The Morgan fingerprint density at radius 1 is 1.37 bits per heavy atom. The highest BCUT2D eigenvalue weighted by Crippen LogP contribution is 2.25. The molecule has 0 fully saturated rings. The van der Waals surface area contributed by atoms with Crippen molar-refractivity contribution >= 4 is 19.7 Å². The van der Waals surface area contributed by atoms with Crippen LogP contribution in [-0.2, 0) is 16.1 Å². The number of hydrogen-bond acceptors (Lipinski definition) is 5. The number of benzene rings is 1. The number of methoxy groups -OCH3 is 1. The molecule has 19 heavy (non-hydrogen) atoms. The van der Waals surface area contributed by atoms with Crippen molar-refractivity contribution < 1.29 is 17.5 Å². The van der Waals surface area contributed by atoms with E-state index in [0.717, 1.165) is 0 Å². The van der Waals surface area contributed by atoms with E-state index in [4.69, 9.17) is 15.4 Å². The second-order valence-electron chi connectivity index (χ2n) is 3.65. The van der Waals surface area contributed by atoms with Crippen LogP contribution in [0.2, 0.25) is 0 Å². The van der Waals surface area contributed by atoms with E-state index < -0.39 is 20.0 Å². The third-order valence-electron chi connectivity index (χ3n) is 2.46. The van der Waals surface area contributed by atoms with Crippen molar-refractivity contribution in [2.75, 3.05) is 7.11 Å². The van der Waals surface area contributed by atoms with Crippen molar-refractivity contribution in [3.63, 3.8) is 0 Å². The maximum Gasteiger partial charge on any atom is 0.296 e. The molecule has 6 nitrogen and oxygen atoms in total. The molecule has 0 unspecified atom stereocenters. The zero-order chi connectivity index (χ0) is 14.2. The number of rotatable bonds is 3. The van der Waals surface area contributed by atoms with Gasteiger partial charge in [0.05, 0.1) is 7.11 Å². The highest BCUT2D eigenvalue weighted by atomic mass is 35.7. The summed E-state index contributed by atoms with van der Waals surface area (Å²) in [5.74, 6) is -0.324. The molecule has 0 N–H and O–H groups in total. The molecule has 2 rings (SSSR count). The van der Waals surface area contributed by atoms with Gasteiger partial charge in [0.25, 0.3) is 14.2 Å². The average molecular weight is 306 g/mol. The summed E-state index contributed by atoms with van der Waals surface area (Å²) < 4.78 is 42.0. The first kappa shape index (κ1) is 13.8. The van der Waals surface area contributed by atoms with E-state index in [1.807, 2.05) is 0 Å².